The fourth-order valence-corrected chi connectivity index (χ4v) is 1.23. The quantitative estimate of drug-likeness (QED) is 0.565. The monoisotopic (exact) mass is 217 g/mol. The number of ketones is 1. The molecule has 0 radical (unpaired) electrons. The summed E-state index contributed by atoms with van der Waals surface area (Å²) in [6.07, 6.45) is 1.49. The first kappa shape index (κ1) is 12.3. The molecular formula is C13H15NO2. The van der Waals surface area contributed by atoms with Crippen molar-refractivity contribution in [2.75, 3.05) is 0 Å². The van der Waals surface area contributed by atoms with Crippen LogP contribution in [-0.4, -0.2) is 5.78 Å². The molecule has 0 N–H and O–H groups in total. The molecule has 84 valence electrons. The molecule has 0 aliphatic rings. The molecule has 0 aliphatic carbocycles. The van der Waals surface area contributed by atoms with Crippen LogP contribution in [-0.2, 0) is 4.79 Å². The summed E-state index contributed by atoms with van der Waals surface area (Å²) in [5.41, 5.74) is -0.426. The summed E-state index contributed by atoms with van der Waals surface area (Å²) in [7, 11) is 0. The molecule has 0 atom stereocenters. The van der Waals surface area contributed by atoms with Crippen LogP contribution in [0.4, 0.5) is 0 Å². The van der Waals surface area contributed by atoms with Gasteiger partial charge in [0.25, 0.3) is 0 Å². The molecular weight excluding hydrogens is 202 g/mol. The third-order valence-corrected chi connectivity index (χ3v) is 2.09. The first-order valence-electron chi connectivity index (χ1n) is 5.07. The Morgan fingerprint density at radius 2 is 2.06 bits per heavy atom. The number of Topliss-reactive ketones (excluding diaryl/α,β-unsaturated/α-hetero) is 1. The SMILES string of the molecule is Cc1ccc(/C=C(/C#N)C(=O)C(C)(C)C)o1. The van der Waals surface area contributed by atoms with Gasteiger partial charge in [0, 0.05) is 11.5 Å². The maximum atomic E-state index is 11.9. The van der Waals surface area contributed by atoms with Crippen LogP contribution in [0.5, 0.6) is 0 Å². The maximum absolute atomic E-state index is 11.9. The number of hydrogen-bond donors (Lipinski definition) is 0. The highest BCUT2D eigenvalue weighted by Crippen LogP contribution is 2.21. The zero-order valence-electron chi connectivity index (χ0n) is 10.00. The smallest absolute Gasteiger partial charge is 0.178 e. The van der Waals surface area contributed by atoms with Gasteiger partial charge in [0.2, 0.25) is 0 Å². The summed E-state index contributed by atoms with van der Waals surface area (Å²) in [6.45, 7) is 7.17. The summed E-state index contributed by atoms with van der Waals surface area (Å²) in [4.78, 5) is 11.9. The molecule has 0 saturated carbocycles. The van der Waals surface area contributed by atoms with Gasteiger partial charge in [0.15, 0.2) is 5.78 Å². The summed E-state index contributed by atoms with van der Waals surface area (Å²) in [5.74, 6) is 1.11. The van der Waals surface area contributed by atoms with Gasteiger partial charge in [-0.15, -0.1) is 0 Å². The molecule has 0 fully saturated rings. The summed E-state index contributed by atoms with van der Waals surface area (Å²) in [5, 5.41) is 8.95. The molecule has 1 rings (SSSR count). The van der Waals surface area contributed by atoms with E-state index < -0.39 is 5.41 Å². The van der Waals surface area contributed by atoms with Crippen LogP contribution in [0.3, 0.4) is 0 Å². The third kappa shape index (κ3) is 2.83. The normalized spacial score (nSPS) is 12.3. The average Bonchev–Trinajstić information content (AvgIpc) is 2.58. The highest BCUT2D eigenvalue weighted by molar-refractivity contribution is 6.05. The number of carbonyl (C=O) groups is 1. The lowest BCUT2D eigenvalue weighted by molar-refractivity contribution is -0.121. The van der Waals surface area contributed by atoms with E-state index in [1.54, 1.807) is 32.9 Å². The lowest BCUT2D eigenvalue weighted by atomic mass is 9.86. The first-order chi connectivity index (χ1) is 7.34. The average molecular weight is 217 g/mol. The summed E-state index contributed by atoms with van der Waals surface area (Å²) < 4.78 is 5.30. The van der Waals surface area contributed by atoms with Crippen molar-refractivity contribution >= 4 is 11.9 Å². The molecule has 16 heavy (non-hydrogen) atoms. The van der Waals surface area contributed by atoms with E-state index in [9.17, 15) is 4.79 Å². The molecule has 1 aromatic heterocycles. The Morgan fingerprint density at radius 3 is 2.44 bits per heavy atom. The van der Waals surface area contributed by atoms with Crippen LogP contribution >= 0.6 is 0 Å². The maximum Gasteiger partial charge on any atom is 0.178 e. The highest BCUT2D eigenvalue weighted by atomic mass is 16.3. The van der Waals surface area contributed by atoms with Gasteiger partial charge in [-0.2, -0.15) is 5.26 Å². The Labute approximate surface area is 95.4 Å². The van der Waals surface area contributed by atoms with E-state index in [2.05, 4.69) is 0 Å². The Morgan fingerprint density at radius 1 is 1.44 bits per heavy atom. The summed E-state index contributed by atoms with van der Waals surface area (Å²) >= 11 is 0. The van der Waals surface area contributed by atoms with Crippen molar-refractivity contribution in [3.8, 4) is 6.07 Å². The van der Waals surface area contributed by atoms with Gasteiger partial charge in [-0.05, 0) is 19.1 Å². The molecule has 3 heteroatoms. The highest BCUT2D eigenvalue weighted by Gasteiger charge is 2.25. The van der Waals surface area contributed by atoms with E-state index in [1.165, 1.54) is 6.08 Å². The minimum absolute atomic E-state index is 0.127. The molecule has 0 amide bonds. The van der Waals surface area contributed by atoms with E-state index >= 15 is 0 Å². The van der Waals surface area contributed by atoms with Gasteiger partial charge in [0.05, 0.1) is 5.57 Å². The number of nitriles is 1. The van der Waals surface area contributed by atoms with Crippen molar-refractivity contribution < 1.29 is 9.21 Å². The zero-order chi connectivity index (χ0) is 12.3. The molecule has 0 unspecified atom stereocenters. The van der Waals surface area contributed by atoms with Gasteiger partial charge >= 0.3 is 0 Å². The van der Waals surface area contributed by atoms with Crippen molar-refractivity contribution in [1.82, 2.24) is 0 Å². The Hall–Kier alpha value is -1.82. The number of hydrogen-bond acceptors (Lipinski definition) is 3. The summed E-state index contributed by atoms with van der Waals surface area (Å²) in [6, 6.07) is 5.45. The fraction of sp³-hybridized carbons (Fsp3) is 0.385. The number of furan rings is 1. The Kier molecular flexibility index (Phi) is 3.34. The van der Waals surface area contributed by atoms with Crippen molar-refractivity contribution in [2.45, 2.75) is 27.7 Å². The second-order valence-electron chi connectivity index (χ2n) is 4.70. The molecule has 3 nitrogen and oxygen atoms in total. The van der Waals surface area contributed by atoms with Crippen LogP contribution in [0.15, 0.2) is 22.1 Å². The molecule has 1 heterocycles. The first-order valence-corrected chi connectivity index (χ1v) is 5.07. The number of carbonyl (C=O) groups excluding carboxylic acids is 1. The number of rotatable bonds is 2. The molecule has 0 bridgehead atoms. The molecule has 0 spiro atoms. The standard InChI is InChI=1S/C13H15NO2/c1-9-5-6-11(16-9)7-10(8-14)12(15)13(2,3)4/h5-7H,1-4H3/b10-7-. The van der Waals surface area contributed by atoms with Crippen molar-refractivity contribution in [3.05, 3.63) is 29.2 Å². The van der Waals surface area contributed by atoms with Gasteiger partial charge in [0.1, 0.15) is 17.6 Å². The van der Waals surface area contributed by atoms with Crippen LogP contribution < -0.4 is 0 Å². The van der Waals surface area contributed by atoms with Crippen LogP contribution in [0, 0.1) is 23.7 Å². The Balaban J connectivity index is 3.05. The van der Waals surface area contributed by atoms with E-state index in [1.807, 2.05) is 13.0 Å². The fourth-order valence-electron chi connectivity index (χ4n) is 1.23. The number of nitrogens with zero attached hydrogens (tertiary/aromatic N) is 1. The van der Waals surface area contributed by atoms with Gasteiger partial charge in [-0.3, -0.25) is 4.79 Å². The van der Waals surface area contributed by atoms with E-state index in [0.717, 1.165) is 5.76 Å². The molecule has 0 aromatic carbocycles. The van der Waals surface area contributed by atoms with Gasteiger partial charge in [-0.1, -0.05) is 20.8 Å². The van der Waals surface area contributed by atoms with Crippen LogP contribution in [0.25, 0.3) is 6.08 Å². The second kappa shape index (κ2) is 4.36. The molecule has 0 aliphatic heterocycles. The minimum Gasteiger partial charge on any atom is -0.462 e. The topological polar surface area (TPSA) is 54.0 Å². The Bertz CT molecular complexity index is 467. The van der Waals surface area contributed by atoms with Crippen LogP contribution in [0.1, 0.15) is 32.3 Å². The molecule has 1 aromatic rings. The number of aryl methyl sites for hydroxylation is 1. The van der Waals surface area contributed by atoms with Crippen LogP contribution in [0.2, 0.25) is 0 Å². The van der Waals surface area contributed by atoms with E-state index in [4.69, 9.17) is 9.68 Å². The van der Waals surface area contributed by atoms with Gasteiger partial charge < -0.3 is 4.42 Å². The lowest BCUT2D eigenvalue weighted by Gasteiger charge is -2.15. The largest absolute Gasteiger partial charge is 0.462 e. The third-order valence-electron chi connectivity index (χ3n) is 2.09. The number of allylic oxidation sites excluding steroid dienone is 1. The lowest BCUT2D eigenvalue weighted by Crippen LogP contribution is -2.21. The predicted octanol–water partition coefficient (Wildman–Crippen LogP) is 3.11. The van der Waals surface area contributed by atoms with Crippen molar-refractivity contribution in [2.24, 2.45) is 5.41 Å². The minimum atomic E-state index is -0.552. The zero-order valence-corrected chi connectivity index (χ0v) is 10.00. The second-order valence-corrected chi connectivity index (χ2v) is 4.70. The van der Waals surface area contributed by atoms with E-state index in [0.29, 0.717) is 5.76 Å². The van der Waals surface area contributed by atoms with E-state index in [-0.39, 0.29) is 11.4 Å². The predicted molar refractivity (Wildman–Crippen MR) is 61.5 cm³/mol. The van der Waals surface area contributed by atoms with Crippen molar-refractivity contribution in [1.29, 1.82) is 5.26 Å². The molecule has 0 saturated heterocycles. The van der Waals surface area contributed by atoms with Crippen molar-refractivity contribution in [3.63, 3.8) is 0 Å². The van der Waals surface area contributed by atoms with Gasteiger partial charge in [-0.25, -0.2) is 0 Å².